The quantitative estimate of drug-likeness (QED) is 0.900. The van der Waals surface area contributed by atoms with Gasteiger partial charge in [-0.1, -0.05) is 23.2 Å². The number of halogens is 2. The molecule has 1 aromatic rings. The number of carbonyl (C=O) groups excluding carboxylic acids is 1. The van der Waals surface area contributed by atoms with E-state index in [2.05, 4.69) is 5.32 Å². The van der Waals surface area contributed by atoms with Gasteiger partial charge in [0.2, 0.25) is 0 Å². The number of ether oxygens (including phenoxy) is 1. The van der Waals surface area contributed by atoms with Gasteiger partial charge in [0.05, 0.1) is 16.7 Å². The summed E-state index contributed by atoms with van der Waals surface area (Å²) in [6.07, 6.45) is 0.195. The lowest BCUT2D eigenvalue weighted by molar-refractivity contribution is -0.0251. The van der Waals surface area contributed by atoms with Crippen LogP contribution in [0.25, 0.3) is 0 Å². The largest absolute Gasteiger partial charge is 0.385 e. The van der Waals surface area contributed by atoms with Crippen molar-refractivity contribution in [3.05, 3.63) is 33.8 Å². The molecule has 1 heterocycles. The summed E-state index contributed by atoms with van der Waals surface area (Å²) < 4.78 is 5.30. The number of amides is 1. The molecule has 0 radical (unpaired) electrons. The number of carbonyl (C=O) groups is 1. The Bertz CT molecular complexity index is 495. The summed E-state index contributed by atoms with van der Waals surface area (Å²) in [7, 11) is 0. The minimum atomic E-state index is -1.03. The van der Waals surface area contributed by atoms with Gasteiger partial charge in [-0.15, -0.1) is 0 Å². The molecule has 1 aliphatic heterocycles. The second-order valence-corrected chi connectivity index (χ2v) is 5.52. The fourth-order valence-corrected chi connectivity index (χ4v) is 2.38. The molecule has 1 aliphatic rings. The highest BCUT2D eigenvalue weighted by molar-refractivity contribution is 6.35. The van der Waals surface area contributed by atoms with Crippen LogP contribution in [0.2, 0.25) is 10.0 Å². The minimum Gasteiger partial charge on any atom is -0.385 e. The normalized spacial score (nSPS) is 26.4. The van der Waals surface area contributed by atoms with Gasteiger partial charge in [-0.2, -0.15) is 0 Å². The number of hydrogen-bond donors (Lipinski definition) is 2. The number of benzene rings is 1. The maximum Gasteiger partial charge on any atom is 0.252 e. The van der Waals surface area contributed by atoms with Crippen LogP contribution >= 0.6 is 23.2 Å². The Labute approximate surface area is 121 Å². The summed E-state index contributed by atoms with van der Waals surface area (Å²) in [5, 5.41) is 13.7. The van der Waals surface area contributed by atoms with Gasteiger partial charge in [0.1, 0.15) is 5.60 Å². The van der Waals surface area contributed by atoms with Crippen LogP contribution in [0.1, 0.15) is 23.7 Å². The average Bonchev–Trinajstić information content (AvgIpc) is 2.70. The van der Waals surface area contributed by atoms with Crippen molar-refractivity contribution in [2.45, 2.75) is 25.0 Å². The molecule has 2 unspecified atom stereocenters. The maximum atomic E-state index is 12.0. The molecule has 4 nitrogen and oxygen atoms in total. The highest BCUT2D eigenvalue weighted by atomic mass is 35.5. The monoisotopic (exact) mass is 303 g/mol. The van der Waals surface area contributed by atoms with Gasteiger partial charge in [0.25, 0.3) is 5.91 Å². The molecule has 0 saturated carbocycles. The number of rotatable bonds is 3. The Kier molecular flexibility index (Phi) is 4.36. The molecule has 0 aromatic heterocycles. The van der Waals surface area contributed by atoms with Crippen LogP contribution in [-0.2, 0) is 4.74 Å². The molecule has 0 bridgehead atoms. The second-order valence-electron chi connectivity index (χ2n) is 4.67. The second kappa shape index (κ2) is 5.67. The van der Waals surface area contributed by atoms with Crippen molar-refractivity contribution >= 4 is 29.1 Å². The summed E-state index contributed by atoms with van der Waals surface area (Å²) in [4.78, 5) is 12.0. The van der Waals surface area contributed by atoms with Gasteiger partial charge in [-0.3, -0.25) is 4.79 Å². The Morgan fingerprint density at radius 1 is 1.58 bits per heavy atom. The Hall–Kier alpha value is -0.810. The van der Waals surface area contributed by atoms with E-state index in [1.807, 2.05) is 0 Å². The van der Waals surface area contributed by atoms with Crippen LogP contribution in [0, 0.1) is 0 Å². The first kappa shape index (κ1) is 14.6. The van der Waals surface area contributed by atoms with E-state index in [0.717, 1.165) is 0 Å². The smallest absolute Gasteiger partial charge is 0.252 e. The van der Waals surface area contributed by atoms with Crippen molar-refractivity contribution in [1.29, 1.82) is 0 Å². The molecule has 2 N–H and O–H groups in total. The fraction of sp³-hybridized carbons (Fsp3) is 0.462. The molecule has 6 heteroatoms. The first-order valence-corrected chi connectivity index (χ1v) is 6.75. The van der Waals surface area contributed by atoms with E-state index in [0.29, 0.717) is 28.6 Å². The SMILES string of the molecule is CC1OCCC1(O)CNC(=O)c1cc(Cl)ccc1Cl. The summed E-state index contributed by atoms with van der Waals surface area (Å²) in [5.74, 6) is -0.361. The van der Waals surface area contributed by atoms with E-state index in [4.69, 9.17) is 27.9 Å². The highest BCUT2D eigenvalue weighted by Crippen LogP contribution is 2.25. The lowest BCUT2D eigenvalue weighted by atomic mass is 9.96. The Balaban J connectivity index is 2.03. The van der Waals surface area contributed by atoms with Gasteiger partial charge >= 0.3 is 0 Å². The summed E-state index contributed by atoms with van der Waals surface area (Å²) >= 11 is 11.8. The van der Waals surface area contributed by atoms with E-state index in [9.17, 15) is 9.90 Å². The van der Waals surface area contributed by atoms with E-state index in [1.54, 1.807) is 19.1 Å². The molecule has 1 saturated heterocycles. The van der Waals surface area contributed by atoms with Crippen molar-refractivity contribution in [3.8, 4) is 0 Å². The number of nitrogens with one attached hydrogen (secondary N) is 1. The third kappa shape index (κ3) is 3.20. The van der Waals surface area contributed by atoms with E-state index in [1.165, 1.54) is 6.07 Å². The molecule has 104 valence electrons. The molecule has 0 aliphatic carbocycles. The van der Waals surface area contributed by atoms with Crippen molar-refractivity contribution in [2.75, 3.05) is 13.2 Å². The van der Waals surface area contributed by atoms with Crippen molar-refractivity contribution in [3.63, 3.8) is 0 Å². The molecule has 2 atom stereocenters. The minimum absolute atomic E-state index is 0.121. The molecule has 1 aromatic carbocycles. The van der Waals surface area contributed by atoms with Crippen molar-refractivity contribution in [2.24, 2.45) is 0 Å². The van der Waals surface area contributed by atoms with Crippen molar-refractivity contribution < 1.29 is 14.6 Å². The van der Waals surface area contributed by atoms with Crippen LogP contribution in [0.3, 0.4) is 0 Å². The summed E-state index contributed by atoms with van der Waals surface area (Å²) in [5.41, 5.74) is -0.731. The molecular formula is C13H15Cl2NO3. The van der Waals surface area contributed by atoms with Gasteiger partial charge in [-0.25, -0.2) is 0 Å². The van der Waals surface area contributed by atoms with Crippen LogP contribution < -0.4 is 5.32 Å². The van der Waals surface area contributed by atoms with Gasteiger partial charge in [-0.05, 0) is 25.1 Å². The zero-order valence-electron chi connectivity index (χ0n) is 10.5. The first-order valence-electron chi connectivity index (χ1n) is 5.99. The Morgan fingerprint density at radius 2 is 2.32 bits per heavy atom. The third-order valence-corrected chi connectivity index (χ3v) is 3.95. The predicted octanol–water partition coefficient (Wildman–Crippen LogP) is 2.26. The van der Waals surface area contributed by atoms with Crippen molar-refractivity contribution in [1.82, 2.24) is 5.32 Å². The van der Waals surface area contributed by atoms with E-state index < -0.39 is 5.60 Å². The summed E-state index contributed by atoms with van der Waals surface area (Å²) in [6, 6.07) is 4.67. The molecular weight excluding hydrogens is 289 g/mol. The maximum absolute atomic E-state index is 12.0. The standard InChI is InChI=1S/C13H15Cl2NO3/c1-8-13(18,4-5-19-8)7-16-12(17)10-6-9(14)2-3-11(10)15/h2-3,6,8,18H,4-5,7H2,1H3,(H,16,17). The van der Waals surface area contributed by atoms with Gasteiger partial charge < -0.3 is 15.2 Å². The average molecular weight is 304 g/mol. The van der Waals surface area contributed by atoms with Gasteiger partial charge in [0.15, 0.2) is 0 Å². The third-order valence-electron chi connectivity index (χ3n) is 3.39. The lowest BCUT2D eigenvalue weighted by Gasteiger charge is -2.26. The molecule has 19 heavy (non-hydrogen) atoms. The van der Waals surface area contributed by atoms with Crippen LogP contribution in [0.15, 0.2) is 18.2 Å². The van der Waals surface area contributed by atoms with Crippen LogP contribution in [0.5, 0.6) is 0 Å². The zero-order valence-corrected chi connectivity index (χ0v) is 12.0. The molecule has 2 rings (SSSR count). The topological polar surface area (TPSA) is 58.6 Å². The predicted molar refractivity (Wildman–Crippen MR) is 73.8 cm³/mol. The van der Waals surface area contributed by atoms with E-state index >= 15 is 0 Å². The van der Waals surface area contributed by atoms with E-state index in [-0.39, 0.29) is 18.6 Å². The summed E-state index contributed by atoms with van der Waals surface area (Å²) in [6.45, 7) is 2.40. The Morgan fingerprint density at radius 3 is 2.95 bits per heavy atom. The van der Waals surface area contributed by atoms with Gasteiger partial charge in [0, 0.05) is 24.6 Å². The molecule has 0 spiro atoms. The number of hydrogen-bond acceptors (Lipinski definition) is 3. The number of aliphatic hydroxyl groups is 1. The van der Waals surface area contributed by atoms with Crippen LogP contribution in [0.4, 0.5) is 0 Å². The fourth-order valence-electron chi connectivity index (χ4n) is 2.00. The molecule has 1 fully saturated rings. The van der Waals surface area contributed by atoms with Crippen LogP contribution in [-0.4, -0.2) is 35.9 Å². The zero-order chi connectivity index (χ0) is 14.0. The molecule has 1 amide bonds. The first-order chi connectivity index (χ1) is 8.92. The highest BCUT2D eigenvalue weighted by Gasteiger charge is 2.39. The lowest BCUT2D eigenvalue weighted by Crippen LogP contribution is -2.47.